The maximum Gasteiger partial charge on any atom is 0.175 e. The molecule has 0 aliphatic rings. The van der Waals surface area contributed by atoms with E-state index in [1.165, 1.54) is 0 Å². The largest absolute Gasteiger partial charge is 0.494 e. The average Bonchev–Trinajstić information content (AvgIpc) is 2.52. The van der Waals surface area contributed by atoms with E-state index < -0.39 is 0 Å². The van der Waals surface area contributed by atoms with E-state index in [-0.39, 0.29) is 93.6 Å². The number of hydrogen-bond donors (Lipinski definition) is 2. The molecule has 0 saturated carbocycles. The van der Waals surface area contributed by atoms with E-state index in [4.69, 9.17) is 21.7 Å². The Balaban J connectivity index is -0.00000132. The first-order valence-electron chi connectivity index (χ1n) is 7.25. The zero-order valence-corrected chi connectivity index (χ0v) is 23.9. The Morgan fingerprint density at radius 3 is 1.31 bits per heavy atom. The third-order valence-electron chi connectivity index (χ3n) is 2.85. The monoisotopic (exact) mass is 748 g/mol. The van der Waals surface area contributed by atoms with Crippen LogP contribution in [0.3, 0.4) is 0 Å². The van der Waals surface area contributed by atoms with E-state index in [1.54, 1.807) is 0 Å². The summed E-state index contributed by atoms with van der Waals surface area (Å²) in [6, 6.07) is 15.3. The van der Waals surface area contributed by atoms with Gasteiger partial charge in [0.1, 0.15) is 11.5 Å². The van der Waals surface area contributed by atoms with E-state index >= 15 is 0 Å². The molecule has 0 unspecified atom stereocenters. The molecular weight excluding hydrogens is 725 g/mol. The average molecular weight is 748 g/mol. The summed E-state index contributed by atoms with van der Waals surface area (Å²) >= 11 is 5.30. The SMILES string of the molecule is CCOc1ccc(NC(=S)Nc2ccc(OCC)cc2)cc1.I.I.I.[Ti]. The maximum absolute atomic E-state index is 5.40. The summed E-state index contributed by atoms with van der Waals surface area (Å²) in [5.74, 6) is 1.69. The molecule has 0 saturated heterocycles. The van der Waals surface area contributed by atoms with Crippen molar-refractivity contribution in [2.75, 3.05) is 23.8 Å². The molecule has 0 aliphatic carbocycles. The summed E-state index contributed by atoms with van der Waals surface area (Å²) in [5.41, 5.74) is 1.82. The van der Waals surface area contributed by atoms with Crippen molar-refractivity contribution in [2.45, 2.75) is 13.8 Å². The first-order chi connectivity index (χ1) is 10.7. The van der Waals surface area contributed by atoms with Gasteiger partial charge in [-0.15, -0.1) is 71.9 Å². The fraction of sp³-hybridized carbons (Fsp3) is 0.235. The molecule has 2 aromatic carbocycles. The number of rotatable bonds is 6. The Labute approximate surface area is 226 Å². The minimum Gasteiger partial charge on any atom is -0.494 e. The van der Waals surface area contributed by atoms with Gasteiger partial charge in [0.05, 0.1) is 13.2 Å². The van der Waals surface area contributed by atoms with Crippen molar-refractivity contribution in [3.63, 3.8) is 0 Å². The first-order valence-corrected chi connectivity index (χ1v) is 7.65. The normalized spacial score (nSPS) is 8.38. The Morgan fingerprint density at radius 2 is 1.04 bits per heavy atom. The topological polar surface area (TPSA) is 42.5 Å². The zero-order valence-electron chi connectivity index (χ0n) is 14.5. The van der Waals surface area contributed by atoms with Crippen molar-refractivity contribution in [2.24, 2.45) is 0 Å². The number of anilines is 2. The maximum atomic E-state index is 5.40. The second-order valence-corrected chi connectivity index (χ2v) is 4.90. The van der Waals surface area contributed by atoms with Crippen molar-refractivity contribution in [1.82, 2.24) is 0 Å². The van der Waals surface area contributed by atoms with Crippen molar-refractivity contribution < 1.29 is 31.2 Å². The Bertz CT molecular complexity index is 563. The number of nitrogens with one attached hydrogen (secondary N) is 2. The predicted octanol–water partition coefficient (Wildman–Crippen LogP) is 6.14. The molecule has 2 rings (SSSR count). The molecule has 26 heavy (non-hydrogen) atoms. The van der Waals surface area contributed by atoms with Crippen LogP contribution < -0.4 is 20.1 Å². The molecule has 0 aromatic heterocycles. The van der Waals surface area contributed by atoms with Crippen molar-refractivity contribution in [3.05, 3.63) is 48.5 Å². The van der Waals surface area contributed by atoms with Crippen LogP contribution in [0.4, 0.5) is 11.4 Å². The number of hydrogen-bond acceptors (Lipinski definition) is 3. The van der Waals surface area contributed by atoms with Crippen LogP contribution in [-0.4, -0.2) is 18.3 Å². The second kappa shape index (κ2) is 17.7. The first kappa shape index (κ1) is 31.3. The summed E-state index contributed by atoms with van der Waals surface area (Å²) in [6.45, 7) is 5.24. The van der Waals surface area contributed by atoms with Crippen LogP contribution in [0.2, 0.25) is 0 Å². The van der Waals surface area contributed by atoms with Gasteiger partial charge in [0, 0.05) is 33.1 Å². The van der Waals surface area contributed by atoms with Gasteiger partial charge in [-0.2, -0.15) is 0 Å². The third-order valence-corrected chi connectivity index (χ3v) is 3.05. The number of thiocarbonyl (C=S) groups is 1. The van der Waals surface area contributed by atoms with Gasteiger partial charge in [0.15, 0.2) is 5.11 Å². The van der Waals surface area contributed by atoms with Crippen LogP contribution in [-0.2, 0) is 21.7 Å². The van der Waals surface area contributed by atoms with Gasteiger partial charge < -0.3 is 20.1 Å². The predicted molar refractivity (Wildman–Crippen MR) is 141 cm³/mol. The van der Waals surface area contributed by atoms with Crippen molar-refractivity contribution >= 4 is 101 Å². The minimum absolute atomic E-state index is 0. The van der Waals surface area contributed by atoms with Gasteiger partial charge in [0.2, 0.25) is 0 Å². The summed E-state index contributed by atoms with van der Waals surface area (Å²) in [6.07, 6.45) is 0. The van der Waals surface area contributed by atoms with Crippen LogP contribution >= 0.6 is 84.1 Å². The van der Waals surface area contributed by atoms with Crippen LogP contribution in [0.1, 0.15) is 13.8 Å². The van der Waals surface area contributed by atoms with Gasteiger partial charge in [-0.3, -0.25) is 0 Å². The van der Waals surface area contributed by atoms with Crippen LogP contribution in [0.25, 0.3) is 0 Å². The molecular formula is C17H23I3N2O2STi. The smallest absolute Gasteiger partial charge is 0.175 e. The molecule has 0 heterocycles. The molecule has 4 nitrogen and oxygen atoms in total. The summed E-state index contributed by atoms with van der Waals surface area (Å²) in [7, 11) is 0. The summed E-state index contributed by atoms with van der Waals surface area (Å²) < 4.78 is 10.8. The van der Waals surface area contributed by atoms with Crippen LogP contribution in [0.5, 0.6) is 11.5 Å². The van der Waals surface area contributed by atoms with E-state index in [9.17, 15) is 0 Å². The fourth-order valence-corrected chi connectivity index (χ4v) is 2.13. The van der Waals surface area contributed by atoms with Gasteiger partial charge in [-0.1, -0.05) is 0 Å². The molecule has 2 N–H and O–H groups in total. The molecule has 0 atom stereocenters. The quantitative estimate of drug-likeness (QED) is 0.211. The molecule has 0 bridgehead atoms. The van der Waals surface area contributed by atoms with Gasteiger partial charge in [-0.25, -0.2) is 0 Å². The minimum atomic E-state index is 0. The molecule has 0 radical (unpaired) electrons. The Hall–Kier alpha value is 0.634. The number of ether oxygens (including phenoxy) is 2. The summed E-state index contributed by atoms with van der Waals surface area (Å²) in [4.78, 5) is 0. The number of halogens is 3. The summed E-state index contributed by atoms with van der Waals surface area (Å²) in [5, 5.41) is 6.80. The van der Waals surface area contributed by atoms with Crippen molar-refractivity contribution in [1.29, 1.82) is 0 Å². The van der Waals surface area contributed by atoms with E-state index in [2.05, 4.69) is 10.6 Å². The van der Waals surface area contributed by atoms with E-state index in [1.807, 2.05) is 62.4 Å². The molecule has 9 heteroatoms. The van der Waals surface area contributed by atoms with Crippen molar-refractivity contribution in [3.8, 4) is 11.5 Å². The number of benzene rings is 2. The zero-order chi connectivity index (χ0) is 15.8. The molecule has 0 amide bonds. The molecule has 0 aliphatic heterocycles. The van der Waals surface area contributed by atoms with Gasteiger partial charge in [0.25, 0.3) is 0 Å². The van der Waals surface area contributed by atoms with Crippen LogP contribution in [0.15, 0.2) is 48.5 Å². The molecule has 144 valence electrons. The molecule has 0 spiro atoms. The Kier molecular flexibility index (Phi) is 21.3. The van der Waals surface area contributed by atoms with Gasteiger partial charge >= 0.3 is 0 Å². The fourth-order valence-electron chi connectivity index (χ4n) is 1.90. The van der Waals surface area contributed by atoms with E-state index in [0.717, 1.165) is 22.9 Å². The molecule has 0 fully saturated rings. The second-order valence-electron chi connectivity index (χ2n) is 4.49. The third kappa shape index (κ3) is 11.5. The van der Waals surface area contributed by atoms with E-state index in [0.29, 0.717) is 18.3 Å². The van der Waals surface area contributed by atoms with Gasteiger partial charge in [-0.05, 0) is 74.6 Å². The Morgan fingerprint density at radius 1 is 0.731 bits per heavy atom. The standard InChI is InChI=1S/C17H20N2O2S.3HI.Ti/c1-3-20-15-9-5-13(6-10-15)18-17(22)19-14-7-11-16(12-8-14)21-4-2;;;;/h5-12H,3-4H2,1-2H3,(H2,18,19,22);3*1H;. The van der Waals surface area contributed by atoms with Crippen LogP contribution in [0, 0.1) is 0 Å². The molecule has 2 aromatic rings.